The third-order valence-corrected chi connectivity index (χ3v) is 4.05. The molecule has 0 spiro atoms. The lowest BCUT2D eigenvalue weighted by Crippen LogP contribution is -2.34. The Morgan fingerprint density at radius 3 is 2.61 bits per heavy atom. The van der Waals surface area contributed by atoms with E-state index in [1.807, 2.05) is 0 Å². The van der Waals surface area contributed by atoms with E-state index in [9.17, 15) is 4.79 Å². The van der Waals surface area contributed by atoms with Gasteiger partial charge in [-0.05, 0) is 31.9 Å². The monoisotopic (exact) mass is 245 g/mol. The molecular weight excluding hydrogens is 222 g/mol. The van der Waals surface area contributed by atoms with Gasteiger partial charge in [-0.2, -0.15) is 0 Å². The van der Waals surface area contributed by atoms with E-state index >= 15 is 0 Å². The van der Waals surface area contributed by atoms with Crippen LogP contribution in [0.25, 0.3) is 0 Å². The quantitative estimate of drug-likeness (QED) is 0.864. The number of nitrogens with one attached hydrogen (secondary N) is 1. The lowest BCUT2D eigenvalue weighted by atomic mass is 9.76. The van der Waals surface area contributed by atoms with Gasteiger partial charge in [0, 0.05) is 18.4 Å². The predicted molar refractivity (Wildman–Crippen MR) is 74.7 cm³/mol. The molecule has 1 heterocycles. The molecule has 0 amide bonds. The van der Waals surface area contributed by atoms with Gasteiger partial charge in [-0.1, -0.05) is 43.2 Å². The van der Waals surface area contributed by atoms with Crippen LogP contribution in [0.2, 0.25) is 0 Å². The van der Waals surface area contributed by atoms with Crippen LogP contribution in [0, 0.1) is 12.3 Å². The summed E-state index contributed by atoms with van der Waals surface area (Å²) in [7, 11) is 0. The second kappa shape index (κ2) is 5.66. The number of aryl methyl sites for hydroxylation is 1. The third-order valence-electron chi connectivity index (χ3n) is 4.05. The van der Waals surface area contributed by atoms with E-state index in [4.69, 9.17) is 0 Å². The van der Waals surface area contributed by atoms with Gasteiger partial charge in [0.25, 0.3) is 0 Å². The maximum absolute atomic E-state index is 12.6. The van der Waals surface area contributed by atoms with Crippen LogP contribution in [0.1, 0.15) is 37.3 Å². The lowest BCUT2D eigenvalue weighted by molar-refractivity contribution is -0.127. The summed E-state index contributed by atoms with van der Waals surface area (Å²) in [6.45, 7) is 6.09. The van der Waals surface area contributed by atoms with E-state index in [0.29, 0.717) is 12.2 Å². The molecule has 0 aliphatic carbocycles. The van der Waals surface area contributed by atoms with Gasteiger partial charge in [-0.3, -0.25) is 4.79 Å². The Morgan fingerprint density at radius 2 is 2.06 bits per heavy atom. The van der Waals surface area contributed by atoms with Crippen LogP contribution in [0.3, 0.4) is 0 Å². The number of carbonyl (C=O) groups is 1. The number of ketones is 1. The molecule has 1 fully saturated rings. The number of Topliss-reactive ketones (excluding diaryl/α,β-unsaturated/α-hetero) is 1. The van der Waals surface area contributed by atoms with Gasteiger partial charge < -0.3 is 5.32 Å². The van der Waals surface area contributed by atoms with Crippen LogP contribution in [0.15, 0.2) is 24.3 Å². The molecule has 1 N–H and O–H groups in total. The smallest absolute Gasteiger partial charge is 0.144 e. The molecule has 2 heteroatoms. The molecule has 1 aromatic carbocycles. The molecule has 1 aromatic rings. The fourth-order valence-electron chi connectivity index (χ4n) is 2.89. The minimum Gasteiger partial charge on any atom is -0.316 e. The summed E-state index contributed by atoms with van der Waals surface area (Å²) in [6, 6.07) is 8.33. The molecule has 18 heavy (non-hydrogen) atoms. The average Bonchev–Trinajstić information content (AvgIpc) is 2.82. The normalized spacial score (nSPS) is 23.2. The van der Waals surface area contributed by atoms with Crippen molar-refractivity contribution in [3.05, 3.63) is 35.4 Å². The average molecular weight is 245 g/mol. The highest BCUT2D eigenvalue weighted by molar-refractivity contribution is 5.87. The number of benzene rings is 1. The summed E-state index contributed by atoms with van der Waals surface area (Å²) in [5.41, 5.74) is 2.30. The Labute approximate surface area is 110 Å². The maximum atomic E-state index is 12.6. The van der Waals surface area contributed by atoms with Gasteiger partial charge in [-0.25, -0.2) is 0 Å². The molecule has 1 aliphatic heterocycles. The van der Waals surface area contributed by atoms with Crippen molar-refractivity contribution < 1.29 is 4.79 Å². The van der Waals surface area contributed by atoms with Gasteiger partial charge >= 0.3 is 0 Å². The molecule has 0 aromatic heterocycles. The molecule has 1 aliphatic rings. The van der Waals surface area contributed by atoms with Crippen molar-refractivity contribution in [2.45, 2.75) is 39.5 Å². The van der Waals surface area contributed by atoms with Crippen LogP contribution in [0.4, 0.5) is 0 Å². The molecule has 0 saturated carbocycles. The van der Waals surface area contributed by atoms with E-state index < -0.39 is 0 Å². The zero-order chi connectivity index (χ0) is 13.0. The predicted octanol–water partition coefficient (Wildman–Crippen LogP) is 2.89. The van der Waals surface area contributed by atoms with Crippen molar-refractivity contribution in [1.82, 2.24) is 5.32 Å². The Balaban J connectivity index is 2.07. The van der Waals surface area contributed by atoms with Gasteiger partial charge in [-0.15, -0.1) is 0 Å². The third kappa shape index (κ3) is 2.81. The van der Waals surface area contributed by atoms with Crippen LogP contribution >= 0.6 is 0 Å². The van der Waals surface area contributed by atoms with Crippen LogP contribution < -0.4 is 5.32 Å². The molecule has 2 rings (SSSR count). The maximum Gasteiger partial charge on any atom is 0.144 e. The summed E-state index contributed by atoms with van der Waals surface area (Å²) in [6.07, 6.45) is 3.69. The van der Waals surface area contributed by atoms with Crippen molar-refractivity contribution in [3.8, 4) is 0 Å². The Morgan fingerprint density at radius 1 is 1.33 bits per heavy atom. The Kier molecular flexibility index (Phi) is 4.18. The number of hydrogen-bond donors (Lipinski definition) is 1. The summed E-state index contributed by atoms with van der Waals surface area (Å²) >= 11 is 0. The van der Waals surface area contributed by atoms with Gasteiger partial charge in [0.1, 0.15) is 5.78 Å². The molecule has 98 valence electrons. The number of hydrogen-bond acceptors (Lipinski definition) is 2. The Bertz CT molecular complexity index is 402. The molecule has 2 nitrogen and oxygen atoms in total. The zero-order valence-corrected chi connectivity index (χ0v) is 11.5. The summed E-state index contributed by atoms with van der Waals surface area (Å²) in [5, 5.41) is 3.35. The van der Waals surface area contributed by atoms with E-state index in [2.05, 4.69) is 43.4 Å². The summed E-state index contributed by atoms with van der Waals surface area (Å²) < 4.78 is 0. The Hall–Kier alpha value is -1.15. The molecule has 1 unspecified atom stereocenters. The second-order valence-electron chi connectivity index (χ2n) is 5.54. The van der Waals surface area contributed by atoms with Crippen molar-refractivity contribution in [1.29, 1.82) is 0 Å². The van der Waals surface area contributed by atoms with Gasteiger partial charge in [0.05, 0.1) is 0 Å². The van der Waals surface area contributed by atoms with Gasteiger partial charge in [0.15, 0.2) is 0 Å². The zero-order valence-electron chi connectivity index (χ0n) is 11.5. The molecule has 1 saturated heterocycles. The fraction of sp³-hybridized carbons (Fsp3) is 0.562. The summed E-state index contributed by atoms with van der Waals surface area (Å²) in [5.74, 6) is 0.415. The highest BCUT2D eigenvalue weighted by Crippen LogP contribution is 2.33. The van der Waals surface area contributed by atoms with Crippen molar-refractivity contribution in [3.63, 3.8) is 0 Å². The first-order valence-corrected chi connectivity index (χ1v) is 6.96. The molecule has 1 atom stereocenters. The highest BCUT2D eigenvalue weighted by Gasteiger charge is 2.39. The standard InChI is InChI=1S/C16H23NO/c1-3-8-16(9-10-17-12-16)15(18)11-14-6-4-13(2)5-7-14/h4-7,17H,3,8-12H2,1-2H3. The molecular formula is C16H23NO. The first-order chi connectivity index (χ1) is 8.66. The molecule has 0 bridgehead atoms. The first kappa shape index (κ1) is 13.3. The van der Waals surface area contributed by atoms with Crippen molar-refractivity contribution in [2.24, 2.45) is 5.41 Å². The van der Waals surface area contributed by atoms with E-state index in [1.54, 1.807) is 0 Å². The van der Waals surface area contributed by atoms with Crippen LogP contribution in [0.5, 0.6) is 0 Å². The van der Waals surface area contributed by atoms with Gasteiger partial charge in [0.2, 0.25) is 0 Å². The van der Waals surface area contributed by atoms with E-state index in [0.717, 1.165) is 37.9 Å². The topological polar surface area (TPSA) is 29.1 Å². The largest absolute Gasteiger partial charge is 0.316 e. The highest BCUT2D eigenvalue weighted by atomic mass is 16.1. The number of rotatable bonds is 5. The van der Waals surface area contributed by atoms with E-state index in [-0.39, 0.29) is 5.41 Å². The SMILES string of the molecule is CCCC1(C(=O)Cc2ccc(C)cc2)CCNC1. The fourth-order valence-corrected chi connectivity index (χ4v) is 2.89. The van der Waals surface area contributed by atoms with Crippen molar-refractivity contribution in [2.75, 3.05) is 13.1 Å². The lowest BCUT2D eigenvalue weighted by Gasteiger charge is -2.26. The van der Waals surface area contributed by atoms with Crippen LogP contribution in [-0.2, 0) is 11.2 Å². The van der Waals surface area contributed by atoms with Crippen molar-refractivity contribution >= 4 is 5.78 Å². The number of carbonyl (C=O) groups excluding carboxylic acids is 1. The minimum absolute atomic E-state index is 0.0976. The second-order valence-corrected chi connectivity index (χ2v) is 5.54. The first-order valence-electron chi connectivity index (χ1n) is 6.96. The minimum atomic E-state index is -0.0976. The molecule has 0 radical (unpaired) electrons. The van der Waals surface area contributed by atoms with E-state index in [1.165, 1.54) is 5.56 Å². The van der Waals surface area contributed by atoms with Crippen LogP contribution in [-0.4, -0.2) is 18.9 Å². The summed E-state index contributed by atoms with van der Waals surface area (Å²) in [4.78, 5) is 12.6.